The molecule has 1 fully saturated rings. The Balaban J connectivity index is 1.85. The zero-order valence-corrected chi connectivity index (χ0v) is 13.5. The smallest absolute Gasteiger partial charge is 0.258 e. The van der Waals surface area contributed by atoms with Gasteiger partial charge in [-0.3, -0.25) is 9.59 Å². The summed E-state index contributed by atoms with van der Waals surface area (Å²) in [5.41, 5.74) is 2.17. The third-order valence-electron chi connectivity index (χ3n) is 3.69. The first-order valence-corrected chi connectivity index (χ1v) is 7.89. The van der Waals surface area contributed by atoms with E-state index in [0.717, 1.165) is 24.2 Å². The Kier molecular flexibility index (Phi) is 4.35. The van der Waals surface area contributed by atoms with Crippen molar-refractivity contribution in [1.29, 1.82) is 0 Å². The van der Waals surface area contributed by atoms with Crippen LogP contribution in [0.2, 0.25) is 5.02 Å². The molecule has 2 aromatic carbocycles. The number of carbonyl (C=O) groups excluding carboxylic acids is 2. The molecule has 0 spiro atoms. The first-order chi connectivity index (χ1) is 11.0. The summed E-state index contributed by atoms with van der Waals surface area (Å²) < 4.78 is 0. The number of hydrogen-bond donors (Lipinski definition) is 1. The zero-order chi connectivity index (χ0) is 16.4. The van der Waals surface area contributed by atoms with Gasteiger partial charge >= 0.3 is 0 Å². The Hall–Kier alpha value is -2.33. The van der Waals surface area contributed by atoms with Crippen molar-refractivity contribution in [2.45, 2.75) is 25.8 Å². The fraction of sp³-hybridized carbons (Fsp3) is 0.222. The predicted molar refractivity (Wildman–Crippen MR) is 92.0 cm³/mol. The van der Waals surface area contributed by atoms with Crippen molar-refractivity contribution in [1.82, 2.24) is 0 Å². The molecule has 1 aliphatic carbocycles. The van der Waals surface area contributed by atoms with E-state index in [1.165, 1.54) is 6.92 Å². The molecule has 5 heteroatoms. The Morgan fingerprint density at radius 3 is 2.17 bits per heavy atom. The first kappa shape index (κ1) is 15.6. The fourth-order valence-corrected chi connectivity index (χ4v) is 2.59. The molecule has 2 amide bonds. The van der Waals surface area contributed by atoms with Crippen LogP contribution in [0.5, 0.6) is 0 Å². The average molecular weight is 329 g/mol. The van der Waals surface area contributed by atoms with E-state index >= 15 is 0 Å². The molecule has 0 atom stereocenters. The van der Waals surface area contributed by atoms with Crippen LogP contribution in [0.3, 0.4) is 0 Å². The van der Waals surface area contributed by atoms with Crippen LogP contribution in [-0.4, -0.2) is 17.9 Å². The summed E-state index contributed by atoms with van der Waals surface area (Å²) in [5.74, 6) is -0.148. The van der Waals surface area contributed by atoms with Gasteiger partial charge in [-0.2, -0.15) is 0 Å². The number of amides is 2. The molecule has 0 aliphatic heterocycles. The number of hydrogen-bond acceptors (Lipinski definition) is 2. The summed E-state index contributed by atoms with van der Waals surface area (Å²) in [6.07, 6.45) is 2.01. The maximum atomic E-state index is 12.8. The van der Waals surface area contributed by atoms with E-state index in [0.29, 0.717) is 10.6 Å². The number of carbonyl (C=O) groups is 2. The highest BCUT2D eigenvalue weighted by Gasteiger charge is 2.34. The topological polar surface area (TPSA) is 49.4 Å². The second kappa shape index (κ2) is 6.42. The quantitative estimate of drug-likeness (QED) is 0.918. The van der Waals surface area contributed by atoms with Gasteiger partial charge in [0.2, 0.25) is 5.91 Å². The van der Waals surface area contributed by atoms with E-state index in [-0.39, 0.29) is 17.9 Å². The molecule has 0 unspecified atom stereocenters. The summed E-state index contributed by atoms with van der Waals surface area (Å²) in [6, 6.07) is 14.5. The lowest BCUT2D eigenvalue weighted by Gasteiger charge is -2.23. The summed E-state index contributed by atoms with van der Waals surface area (Å²) in [5, 5.41) is 3.34. The molecular formula is C18H17ClN2O2. The second-order valence-corrected chi connectivity index (χ2v) is 6.08. The molecule has 23 heavy (non-hydrogen) atoms. The lowest BCUT2D eigenvalue weighted by molar-refractivity contribution is -0.114. The summed E-state index contributed by atoms with van der Waals surface area (Å²) >= 11 is 5.89. The van der Waals surface area contributed by atoms with Crippen LogP contribution in [0.15, 0.2) is 48.5 Å². The van der Waals surface area contributed by atoms with Gasteiger partial charge in [-0.25, -0.2) is 0 Å². The third kappa shape index (κ3) is 3.71. The Morgan fingerprint density at radius 2 is 1.65 bits per heavy atom. The van der Waals surface area contributed by atoms with E-state index in [1.54, 1.807) is 36.4 Å². The van der Waals surface area contributed by atoms with Gasteiger partial charge in [0.25, 0.3) is 5.91 Å². The van der Waals surface area contributed by atoms with Crippen LogP contribution < -0.4 is 10.2 Å². The number of anilines is 2. The van der Waals surface area contributed by atoms with Gasteiger partial charge < -0.3 is 10.2 Å². The van der Waals surface area contributed by atoms with Crippen molar-refractivity contribution in [3.05, 3.63) is 59.1 Å². The summed E-state index contributed by atoms with van der Waals surface area (Å²) in [7, 11) is 0. The van der Waals surface area contributed by atoms with E-state index in [2.05, 4.69) is 5.32 Å². The maximum absolute atomic E-state index is 12.8. The molecule has 0 bridgehead atoms. The number of rotatable bonds is 4. The predicted octanol–water partition coefficient (Wildman–Crippen LogP) is 4.11. The number of nitrogens with zero attached hydrogens (tertiary/aromatic N) is 1. The van der Waals surface area contributed by atoms with Crippen molar-refractivity contribution >= 4 is 34.8 Å². The molecule has 0 aromatic heterocycles. The van der Waals surface area contributed by atoms with Crippen molar-refractivity contribution in [3.63, 3.8) is 0 Å². The van der Waals surface area contributed by atoms with Crippen molar-refractivity contribution in [3.8, 4) is 0 Å². The van der Waals surface area contributed by atoms with Crippen LogP contribution in [0.1, 0.15) is 30.1 Å². The lowest BCUT2D eigenvalue weighted by Crippen LogP contribution is -2.33. The highest BCUT2D eigenvalue weighted by Crippen LogP contribution is 2.33. The second-order valence-electron chi connectivity index (χ2n) is 5.64. The first-order valence-electron chi connectivity index (χ1n) is 7.51. The minimum Gasteiger partial charge on any atom is -0.326 e. The SMILES string of the molecule is CC(=O)Nc1ccc(N(C(=O)c2ccc(Cl)cc2)C2CC2)cc1. The van der Waals surface area contributed by atoms with Gasteiger partial charge in [0, 0.05) is 34.9 Å². The van der Waals surface area contributed by atoms with Gasteiger partial charge in [-0.05, 0) is 61.4 Å². The molecule has 4 nitrogen and oxygen atoms in total. The molecule has 0 heterocycles. The molecule has 1 saturated carbocycles. The molecular weight excluding hydrogens is 312 g/mol. The van der Waals surface area contributed by atoms with Crippen LogP contribution in [0.4, 0.5) is 11.4 Å². The molecule has 118 valence electrons. The van der Waals surface area contributed by atoms with E-state index < -0.39 is 0 Å². The highest BCUT2D eigenvalue weighted by molar-refractivity contribution is 6.30. The highest BCUT2D eigenvalue weighted by atomic mass is 35.5. The minimum atomic E-state index is -0.117. The van der Waals surface area contributed by atoms with Crippen molar-refractivity contribution in [2.24, 2.45) is 0 Å². The molecule has 1 N–H and O–H groups in total. The van der Waals surface area contributed by atoms with Gasteiger partial charge in [-0.1, -0.05) is 11.6 Å². The Morgan fingerprint density at radius 1 is 1.04 bits per heavy atom. The minimum absolute atomic E-state index is 0.0311. The molecule has 2 aromatic rings. The van der Waals surface area contributed by atoms with E-state index in [9.17, 15) is 9.59 Å². The van der Waals surface area contributed by atoms with Gasteiger partial charge in [0.15, 0.2) is 0 Å². The maximum Gasteiger partial charge on any atom is 0.258 e. The van der Waals surface area contributed by atoms with Crippen molar-refractivity contribution in [2.75, 3.05) is 10.2 Å². The Bertz CT molecular complexity index is 722. The molecule has 0 saturated heterocycles. The number of nitrogens with one attached hydrogen (secondary N) is 1. The Labute approximate surface area is 140 Å². The summed E-state index contributed by atoms with van der Waals surface area (Å²) in [4.78, 5) is 25.7. The summed E-state index contributed by atoms with van der Waals surface area (Å²) in [6.45, 7) is 1.47. The van der Waals surface area contributed by atoms with E-state index in [1.807, 2.05) is 17.0 Å². The largest absolute Gasteiger partial charge is 0.326 e. The zero-order valence-electron chi connectivity index (χ0n) is 12.8. The average Bonchev–Trinajstić information content (AvgIpc) is 3.34. The number of halogens is 1. The third-order valence-corrected chi connectivity index (χ3v) is 3.94. The van der Waals surface area contributed by atoms with Crippen LogP contribution >= 0.6 is 11.6 Å². The molecule has 1 aliphatic rings. The lowest BCUT2D eigenvalue weighted by atomic mass is 10.1. The van der Waals surface area contributed by atoms with Gasteiger partial charge in [0.05, 0.1) is 0 Å². The monoisotopic (exact) mass is 328 g/mol. The normalized spacial score (nSPS) is 13.5. The van der Waals surface area contributed by atoms with E-state index in [4.69, 9.17) is 11.6 Å². The fourth-order valence-electron chi connectivity index (χ4n) is 2.47. The molecule has 0 radical (unpaired) electrons. The van der Waals surface area contributed by atoms with Crippen LogP contribution in [0, 0.1) is 0 Å². The van der Waals surface area contributed by atoms with Gasteiger partial charge in [0.1, 0.15) is 0 Å². The van der Waals surface area contributed by atoms with Crippen LogP contribution in [-0.2, 0) is 4.79 Å². The molecule has 3 rings (SSSR count). The number of benzene rings is 2. The van der Waals surface area contributed by atoms with Crippen molar-refractivity contribution < 1.29 is 9.59 Å². The van der Waals surface area contributed by atoms with Gasteiger partial charge in [-0.15, -0.1) is 0 Å². The standard InChI is InChI=1S/C18H17ClN2O2/c1-12(22)20-15-6-8-16(9-7-15)21(17-10-11-17)18(23)13-2-4-14(19)5-3-13/h2-9,17H,10-11H2,1H3,(H,20,22). The van der Waals surface area contributed by atoms with Crippen LogP contribution in [0.25, 0.3) is 0 Å².